The van der Waals surface area contributed by atoms with Crippen LogP contribution in [0.3, 0.4) is 0 Å². The number of halogens is 1. The van der Waals surface area contributed by atoms with Crippen LogP contribution in [0.15, 0.2) is 30.3 Å². The van der Waals surface area contributed by atoms with Gasteiger partial charge in [0.2, 0.25) is 0 Å². The summed E-state index contributed by atoms with van der Waals surface area (Å²) in [5, 5.41) is 0. The molecule has 1 aliphatic heterocycles. The van der Waals surface area contributed by atoms with Crippen molar-refractivity contribution in [1.82, 2.24) is 9.80 Å². The average Bonchev–Trinajstić information content (AvgIpc) is 2.91. The van der Waals surface area contributed by atoms with Crippen LogP contribution in [-0.4, -0.2) is 41.9 Å². The first-order valence-electron chi connectivity index (χ1n) is 7.85. The zero-order valence-electron chi connectivity index (χ0n) is 13.5. The van der Waals surface area contributed by atoms with Crippen LogP contribution in [-0.2, 0) is 6.54 Å². The van der Waals surface area contributed by atoms with Gasteiger partial charge < -0.3 is 4.90 Å². The molecule has 1 fully saturated rings. The third-order valence-corrected chi connectivity index (χ3v) is 5.35. The monoisotopic (exact) mass is 348 g/mol. The molecule has 0 aliphatic carbocycles. The summed E-state index contributed by atoms with van der Waals surface area (Å²) in [6.07, 6.45) is 0. The number of nitrogens with zero attached hydrogens (tertiary/aromatic N) is 2. The SMILES string of the molecule is Cc1cc(C)cc(C(=O)N2CCN(Cc3ccc(Cl)s3)CC2)c1. The summed E-state index contributed by atoms with van der Waals surface area (Å²) in [6.45, 7) is 8.37. The standard InChI is InChI=1S/C18H21ClN2OS/c1-13-9-14(2)11-15(10-13)18(22)21-7-5-20(6-8-21)12-16-3-4-17(19)23-16/h3-4,9-11H,5-8,12H2,1-2H3. The third-order valence-electron chi connectivity index (χ3n) is 4.14. The van der Waals surface area contributed by atoms with Crippen LogP contribution >= 0.6 is 22.9 Å². The van der Waals surface area contributed by atoms with Crippen molar-refractivity contribution in [3.05, 3.63) is 56.2 Å². The van der Waals surface area contributed by atoms with Gasteiger partial charge in [0.05, 0.1) is 4.34 Å². The number of hydrogen-bond donors (Lipinski definition) is 0. The Kier molecular flexibility index (Phi) is 5.05. The van der Waals surface area contributed by atoms with Crippen molar-refractivity contribution < 1.29 is 4.79 Å². The lowest BCUT2D eigenvalue weighted by atomic mass is 10.1. The molecule has 0 atom stereocenters. The Hall–Kier alpha value is -1.36. The summed E-state index contributed by atoms with van der Waals surface area (Å²) < 4.78 is 0.837. The number of benzene rings is 1. The quantitative estimate of drug-likeness (QED) is 0.837. The Balaban J connectivity index is 1.58. The second-order valence-electron chi connectivity index (χ2n) is 6.15. The predicted octanol–water partition coefficient (Wildman–Crippen LogP) is 3.98. The van der Waals surface area contributed by atoms with E-state index in [1.54, 1.807) is 11.3 Å². The van der Waals surface area contributed by atoms with Crippen LogP contribution in [0.1, 0.15) is 26.4 Å². The summed E-state index contributed by atoms with van der Waals surface area (Å²) in [4.78, 5) is 18.3. The molecule has 0 saturated carbocycles. The highest BCUT2D eigenvalue weighted by Crippen LogP contribution is 2.23. The molecule has 122 valence electrons. The minimum atomic E-state index is 0.149. The molecule has 0 radical (unpaired) electrons. The second-order valence-corrected chi connectivity index (χ2v) is 7.95. The van der Waals surface area contributed by atoms with E-state index in [1.165, 1.54) is 4.88 Å². The number of carbonyl (C=O) groups is 1. The second kappa shape index (κ2) is 7.04. The van der Waals surface area contributed by atoms with Crippen molar-refractivity contribution in [2.75, 3.05) is 26.2 Å². The first-order valence-corrected chi connectivity index (χ1v) is 9.05. The Bertz CT molecular complexity index is 685. The lowest BCUT2D eigenvalue weighted by Gasteiger charge is -2.34. The molecular weight excluding hydrogens is 328 g/mol. The fourth-order valence-corrected chi connectivity index (χ4v) is 4.18. The Morgan fingerprint density at radius 3 is 2.30 bits per heavy atom. The van der Waals surface area contributed by atoms with Crippen molar-refractivity contribution in [3.63, 3.8) is 0 Å². The predicted molar refractivity (Wildman–Crippen MR) is 96.4 cm³/mol. The Labute approximate surface area is 146 Å². The number of hydrogen-bond acceptors (Lipinski definition) is 3. The molecular formula is C18H21ClN2OS. The average molecular weight is 349 g/mol. The number of amides is 1. The summed E-state index contributed by atoms with van der Waals surface area (Å²) >= 11 is 7.62. The van der Waals surface area contributed by atoms with E-state index in [9.17, 15) is 4.79 Å². The van der Waals surface area contributed by atoms with Crippen LogP contribution < -0.4 is 0 Å². The summed E-state index contributed by atoms with van der Waals surface area (Å²) in [7, 11) is 0. The van der Waals surface area contributed by atoms with Crippen LogP contribution in [0.25, 0.3) is 0 Å². The number of piperazine rings is 1. The van der Waals surface area contributed by atoms with Gasteiger partial charge in [-0.3, -0.25) is 9.69 Å². The van der Waals surface area contributed by atoms with E-state index in [-0.39, 0.29) is 5.91 Å². The molecule has 1 aromatic carbocycles. The highest BCUT2D eigenvalue weighted by molar-refractivity contribution is 7.16. The fourth-order valence-electron chi connectivity index (χ4n) is 3.05. The molecule has 2 aromatic rings. The van der Waals surface area contributed by atoms with E-state index in [0.29, 0.717) is 0 Å². The van der Waals surface area contributed by atoms with E-state index in [2.05, 4.69) is 17.0 Å². The topological polar surface area (TPSA) is 23.6 Å². The van der Waals surface area contributed by atoms with E-state index < -0.39 is 0 Å². The smallest absolute Gasteiger partial charge is 0.253 e. The molecule has 0 N–H and O–H groups in total. The van der Waals surface area contributed by atoms with Gasteiger partial charge in [0.25, 0.3) is 5.91 Å². The molecule has 1 aromatic heterocycles. The Morgan fingerprint density at radius 2 is 1.74 bits per heavy atom. The van der Waals surface area contributed by atoms with Crippen molar-refractivity contribution in [1.29, 1.82) is 0 Å². The number of carbonyl (C=O) groups excluding carboxylic acids is 1. The van der Waals surface area contributed by atoms with Gasteiger partial charge in [0, 0.05) is 43.2 Å². The van der Waals surface area contributed by atoms with Crippen LogP contribution in [0.4, 0.5) is 0 Å². The minimum Gasteiger partial charge on any atom is -0.336 e. The van der Waals surface area contributed by atoms with Gasteiger partial charge in [0.1, 0.15) is 0 Å². The summed E-state index contributed by atoms with van der Waals surface area (Å²) in [5.74, 6) is 0.149. The van der Waals surface area contributed by atoms with E-state index in [1.807, 2.05) is 36.9 Å². The highest BCUT2D eigenvalue weighted by Gasteiger charge is 2.22. The van der Waals surface area contributed by atoms with Crippen LogP contribution in [0.5, 0.6) is 0 Å². The number of aryl methyl sites for hydroxylation is 2. The maximum atomic E-state index is 12.7. The van der Waals surface area contributed by atoms with E-state index in [4.69, 9.17) is 11.6 Å². The summed E-state index contributed by atoms with van der Waals surface area (Å²) in [6, 6.07) is 10.1. The highest BCUT2D eigenvalue weighted by atomic mass is 35.5. The van der Waals surface area contributed by atoms with Gasteiger partial charge in [-0.05, 0) is 38.1 Å². The van der Waals surface area contributed by atoms with E-state index >= 15 is 0 Å². The third kappa shape index (κ3) is 4.14. The molecule has 23 heavy (non-hydrogen) atoms. The maximum Gasteiger partial charge on any atom is 0.253 e. The summed E-state index contributed by atoms with van der Waals surface area (Å²) in [5.41, 5.74) is 3.09. The molecule has 3 nitrogen and oxygen atoms in total. The van der Waals surface area contributed by atoms with Crippen molar-refractivity contribution >= 4 is 28.8 Å². The van der Waals surface area contributed by atoms with Gasteiger partial charge >= 0.3 is 0 Å². The van der Waals surface area contributed by atoms with Crippen molar-refractivity contribution in [2.45, 2.75) is 20.4 Å². The molecule has 0 bridgehead atoms. The first kappa shape index (κ1) is 16.5. The van der Waals surface area contributed by atoms with Gasteiger partial charge in [-0.2, -0.15) is 0 Å². The molecule has 2 heterocycles. The van der Waals surface area contributed by atoms with Gasteiger partial charge in [0.15, 0.2) is 0 Å². The van der Waals surface area contributed by atoms with Crippen molar-refractivity contribution in [3.8, 4) is 0 Å². The van der Waals surface area contributed by atoms with Gasteiger partial charge in [-0.1, -0.05) is 28.8 Å². The maximum absolute atomic E-state index is 12.7. The molecule has 0 unspecified atom stereocenters. The van der Waals surface area contributed by atoms with Crippen LogP contribution in [0.2, 0.25) is 4.34 Å². The lowest BCUT2D eigenvalue weighted by molar-refractivity contribution is 0.0629. The first-order chi connectivity index (χ1) is 11.0. The fraction of sp³-hybridized carbons (Fsp3) is 0.389. The zero-order chi connectivity index (χ0) is 16.4. The number of rotatable bonds is 3. The van der Waals surface area contributed by atoms with E-state index in [0.717, 1.165) is 53.8 Å². The lowest BCUT2D eigenvalue weighted by Crippen LogP contribution is -2.48. The minimum absolute atomic E-state index is 0.149. The number of thiophene rings is 1. The van der Waals surface area contributed by atoms with Crippen LogP contribution in [0, 0.1) is 13.8 Å². The molecule has 1 amide bonds. The van der Waals surface area contributed by atoms with Gasteiger partial charge in [-0.25, -0.2) is 0 Å². The van der Waals surface area contributed by atoms with Crippen molar-refractivity contribution in [2.24, 2.45) is 0 Å². The molecule has 5 heteroatoms. The molecule has 1 aliphatic rings. The Morgan fingerprint density at radius 1 is 1.09 bits per heavy atom. The molecule has 0 spiro atoms. The van der Waals surface area contributed by atoms with Gasteiger partial charge in [-0.15, -0.1) is 11.3 Å². The zero-order valence-corrected chi connectivity index (χ0v) is 15.1. The molecule has 3 rings (SSSR count). The molecule has 1 saturated heterocycles. The largest absolute Gasteiger partial charge is 0.336 e. The normalized spacial score (nSPS) is 15.9.